The monoisotopic (exact) mass is 685 g/mol. The number of benzene rings is 2. The molecule has 11 heteroatoms. The summed E-state index contributed by atoms with van der Waals surface area (Å²) in [6.07, 6.45) is 6.38. The minimum absolute atomic E-state index is 0.0684. The van der Waals surface area contributed by atoms with Gasteiger partial charge in [0.25, 0.3) is 9.05 Å². The molecule has 0 radical (unpaired) electrons. The number of nitrogen functional groups attached to an aromatic ring is 1. The van der Waals surface area contributed by atoms with Gasteiger partial charge in [-0.15, -0.1) is 0 Å². The summed E-state index contributed by atoms with van der Waals surface area (Å²) in [5, 5.41) is 0. The highest BCUT2D eigenvalue weighted by atomic mass is 35.7. The third-order valence-electron chi connectivity index (χ3n) is 10.3. The molecule has 2 saturated heterocycles. The summed E-state index contributed by atoms with van der Waals surface area (Å²) in [6, 6.07) is 11.1. The van der Waals surface area contributed by atoms with E-state index in [1.807, 2.05) is 18.2 Å². The van der Waals surface area contributed by atoms with Gasteiger partial charge in [0.05, 0.1) is 27.0 Å². The molecule has 2 fully saturated rings. The van der Waals surface area contributed by atoms with Crippen molar-refractivity contribution in [3.8, 4) is 0 Å². The maximum Gasteiger partial charge on any atom is 0.261 e. The number of ether oxygens (including phenoxy) is 2. The lowest BCUT2D eigenvalue weighted by molar-refractivity contribution is 0.0609. The van der Waals surface area contributed by atoms with Gasteiger partial charge in [0, 0.05) is 66.7 Å². The summed E-state index contributed by atoms with van der Waals surface area (Å²) in [7, 11) is 1.74. The van der Waals surface area contributed by atoms with Crippen molar-refractivity contribution in [1.29, 1.82) is 0 Å². The van der Waals surface area contributed by atoms with Crippen LogP contribution in [0.1, 0.15) is 91.7 Å². The summed E-state index contributed by atoms with van der Waals surface area (Å²) < 4.78 is 39.0. The smallest absolute Gasteiger partial charge is 0.261 e. The first kappa shape index (κ1) is 35.6. The zero-order chi connectivity index (χ0) is 34.0. The number of rotatable bonds is 9. The van der Waals surface area contributed by atoms with E-state index in [4.69, 9.17) is 35.9 Å². The molecule has 2 N–H and O–H groups in total. The Morgan fingerprint density at radius 3 is 1.62 bits per heavy atom. The van der Waals surface area contributed by atoms with Gasteiger partial charge < -0.3 is 24.3 Å². The number of halogens is 1. The first-order valence-corrected chi connectivity index (χ1v) is 19.4. The number of hydrogen-bond acceptors (Lipinski definition) is 7. The molecule has 0 unspecified atom stereocenters. The molecule has 0 aliphatic carbocycles. The van der Waals surface area contributed by atoms with Gasteiger partial charge in [-0.1, -0.05) is 41.5 Å². The third-order valence-corrected chi connectivity index (χ3v) is 11.7. The van der Waals surface area contributed by atoms with Crippen molar-refractivity contribution in [1.82, 2.24) is 19.1 Å². The van der Waals surface area contributed by atoms with Gasteiger partial charge in [-0.05, 0) is 86.8 Å². The molecule has 4 heterocycles. The quantitative estimate of drug-likeness (QED) is 0.141. The maximum atomic E-state index is 11.7. The molecule has 2 aromatic heterocycles. The standard InChI is InChI=1S/C18H25ClN2O3S.C18H27N3O/c1-4-18(2,3)17-20-15-11-14(25(19,22)23)5-6-16(15)21(17)12-13-7-9-24-10-8-13;1-4-18(2,3)17-20-15-11-14(19)5-6-16(15)21(17)12-13-7-9-22-10-8-13/h5-6,11,13H,4,7-10,12H2,1-3H3;5-6,11,13H,4,7-10,12,19H2,1-3H3. The highest BCUT2D eigenvalue weighted by Crippen LogP contribution is 2.34. The van der Waals surface area contributed by atoms with Gasteiger partial charge in [-0.2, -0.15) is 0 Å². The average Bonchev–Trinajstić information content (AvgIpc) is 3.60. The van der Waals surface area contributed by atoms with Gasteiger partial charge in [-0.3, -0.25) is 0 Å². The molecular formula is C36H52ClN5O4S. The second-order valence-corrected chi connectivity index (χ2v) is 17.1. The van der Waals surface area contributed by atoms with Crippen LogP contribution in [0.25, 0.3) is 22.1 Å². The summed E-state index contributed by atoms with van der Waals surface area (Å²) in [5.41, 5.74) is 10.6. The Labute approximate surface area is 284 Å². The minimum atomic E-state index is -3.76. The molecule has 0 amide bonds. The molecule has 4 aromatic rings. The molecule has 47 heavy (non-hydrogen) atoms. The molecule has 2 aromatic carbocycles. The van der Waals surface area contributed by atoms with Crippen molar-refractivity contribution in [3.05, 3.63) is 48.0 Å². The van der Waals surface area contributed by atoms with Crippen molar-refractivity contribution in [2.24, 2.45) is 11.8 Å². The van der Waals surface area contributed by atoms with Crippen LogP contribution >= 0.6 is 10.7 Å². The van der Waals surface area contributed by atoms with Crippen LogP contribution < -0.4 is 5.73 Å². The normalized spacial score (nSPS) is 17.3. The SMILES string of the molecule is CCC(C)(C)c1nc2cc(N)ccc2n1CC1CCOCC1.CCC(C)(C)c1nc2cc(S(=O)(=O)Cl)ccc2n1CC1CCOCC1. The Balaban J connectivity index is 0.000000186. The van der Waals surface area contributed by atoms with Crippen LogP contribution in [0.2, 0.25) is 0 Å². The van der Waals surface area contributed by atoms with Crippen molar-refractivity contribution in [2.45, 2.75) is 109 Å². The Kier molecular flexibility index (Phi) is 11.0. The van der Waals surface area contributed by atoms with E-state index in [1.165, 1.54) is 11.3 Å². The van der Waals surface area contributed by atoms with E-state index >= 15 is 0 Å². The summed E-state index contributed by atoms with van der Waals surface area (Å²) in [6.45, 7) is 18.6. The van der Waals surface area contributed by atoms with E-state index < -0.39 is 9.05 Å². The third kappa shape index (κ3) is 8.15. The van der Waals surface area contributed by atoms with E-state index in [1.54, 1.807) is 12.1 Å². The molecule has 0 bridgehead atoms. The van der Waals surface area contributed by atoms with E-state index in [9.17, 15) is 8.42 Å². The number of imidazole rings is 2. The molecule has 6 rings (SSSR count). The molecule has 0 atom stereocenters. The Morgan fingerprint density at radius 1 is 0.766 bits per heavy atom. The maximum absolute atomic E-state index is 11.7. The van der Waals surface area contributed by atoms with Gasteiger partial charge in [-0.25, -0.2) is 18.4 Å². The summed E-state index contributed by atoms with van der Waals surface area (Å²) in [5.74, 6) is 3.41. The number of nitrogens with two attached hydrogens (primary N) is 1. The van der Waals surface area contributed by atoms with E-state index in [2.05, 4.69) is 56.7 Å². The lowest BCUT2D eigenvalue weighted by atomic mass is 9.89. The molecule has 9 nitrogen and oxygen atoms in total. The van der Waals surface area contributed by atoms with E-state index in [-0.39, 0.29) is 15.7 Å². The van der Waals surface area contributed by atoms with Crippen molar-refractivity contribution >= 4 is 47.5 Å². The number of hydrogen-bond donors (Lipinski definition) is 1. The number of aromatic nitrogens is 4. The summed E-state index contributed by atoms with van der Waals surface area (Å²) >= 11 is 0. The minimum Gasteiger partial charge on any atom is -0.399 e. The highest BCUT2D eigenvalue weighted by molar-refractivity contribution is 8.13. The van der Waals surface area contributed by atoms with Crippen molar-refractivity contribution in [3.63, 3.8) is 0 Å². The number of fused-ring (bicyclic) bond motifs is 2. The largest absolute Gasteiger partial charge is 0.399 e. The zero-order valence-electron chi connectivity index (χ0n) is 28.9. The van der Waals surface area contributed by atoms with E-state index in [0.29, 0.717) is 17.4 Å². The fraction of sp³-hybridized carbons (Fsp3) is 0.611. The predicted octanol–water partition coefficient (Wildman–Crippen LogP) is 7.81. The molecule has 258 valence electrons. The van der Waals surface area contributed by atoms with Crippen LogP contribution in [0.5, 0.6) is 0 Å². The molecule has 2 aliphatic heterocycles. The van der Waals surface area contributed by atoms with Crippen molar-refractivity contribution < 1.29 is 17.9 Å². The average molecular weight is 686 g/mol. The summed E-state index contributed by atoms with van der Waals surface area (Å²) in [4.78, 5) is 9.83. The highest BCUT2D eigenvalue weighted by Gasteiger charge is 2.29. The second-order valence-electron chi connectivity index (χ2n) is 14.5. The first-order chi connectivity index (χ1) is 22.2. The molecular weight excluding hydrogens is 634 g/mol. The van der Waals surface area contributed by atoms with Crippen molar-refractivity contribution in [2.75, 3.05) is 32.2 Å². The zero-order valence-corrected chi connectivity index (χ0v) is 30.5. The van der Waals surface area contributed by atoms with Gasteiger partial charge in [0.2, 0.25) is 0 Å². The van der Waals surface area contributed by atoms with Gasteiger partial charge in [0.15, 0.2) is 0 Å². The van der Waals surface area contributed by atoms with Crippen LogP contribution in [-0.2, 0) is 42.4 Å². The predicted molar refractivity (Wildman–Crippen MR) is 191 cm³/mol. The fourth-order valence-electron chi connectivity index (χ4n) is 6.50. The van der Waals surface area contributed by atoms with Crippen LogP contribution in [0.15, 0.2) is 41.3 Å². The number of anilines is 1. The lowest BCUT2D eigenvalue weighted by Crippen LogP contribution is -2.26. The van der Waals surface area contributed by atoms with Crippen LogP contribution in [0.3, 0.4) is 0 Å². The number of nitrogens with zero attached hydrogens (tertiary/aromatic N) is 4. The molecule has 0 saturated carbocycles. The Bertz CT molecular complexity index is 1780. The van der Waals surface area contributed by atoms with Gasteiger partial charge >= 0.3 is 0 Å². The molecule has 0 spiro atoms. The van der Waals surface area contributed by atoms with Gasteiger partial charge in [0.1, 0.15) is 11.6 Å². The Hall–Kier alpha value is -2.66. The topological polar surface area (TPSA) is 114 Å². The van der Waals surface area contributed by atoms with Crippen LogP contribution in [0, 0.1) is 11.8 Å². The van der Waals surface area contributed by atoms with Crippen LogP contribution in [-0.4, -0.2) is 53.9 Å². The Morgan fingerprint density at radius 2 is 1.19 bits per heavy atom. The van der Waals surface area contributed by atoms with Crippen LogP contribution in [0.4, 0.5) is 5.69 Å². The molecule has 2 aliphatic rings. The fourth-order valence-corrected chi connectivity index (χ4v) is 7.27. The van der Waals surface area contributed by atoms with E-state index in [0.717, 1.165) is 101 Å². The first-order valence-electron chi connectivity index (χ1n) is 17.1. The second kappa shape index (κ2) is 14.4. The lowest BCUT2D eigenvalue weighted by Gasteiger charge is -2.28.